The normalized spacial score (nSPS) is 15.2. The number of unbranched alkanes of at least 4 members (excludes halogenated alkanes) is 1. The maximum absolute atomic E-state index is 13.3. The van der Waals surface area contributed by atoms with E-state index < -0.39 is 47.9 Å². The highest BCUT2D eigenvalue weighted by Gasteiger charge is 2.32. The first-order chi connectivity index (χ1) is 17.1. The number of nitrogens with two attached hydrogens (primary N) is 2. The predicted octanol–water partition coefficient (Wildman–Crippen LogP) is -0.253. The van der Waals surface area contributed by atoms with Gasteiger partial charge in [0.2, 0.25) is 17.7 Å². The van der Waals surface area contributed by atoms with E-state index in [9.17, 15) is 24.3 Å². The first-order valence-corrected chi connectivity index (χ1v) is 13.6. The second kappa shape index (κ2) is 16.9. The highest BCUT2D eigenvalue weighted by atomic mass is 32.2. The average molecular weight is 528 g/mol. The van der Waals surface area contributed by atoms with Gasteiger partial charge in [0.1, 0.15) is 18.1 Å². The molecule has 204 valence electrons. The van der Waals surface area contributed by atoms with Crippen LogP contribution in [0.25, 0.3) is 0 Å². The van der Waals surface area contributed by atoms with Gasteiger partial charge < -0.3 is 37.5 Å². The van der Waals surface area contributed by atoms with Crippen molar-refractivity contribution in [2.45, 2.75) is 76.5 Å². The number of carboxylic acid groups (broad SMARTS) is 1. The van der Waals surface area contributed by atoms with Gasteiger partial charge in [0.25, 0.3) is 0 Å². The van der Waals surface area contributed by atoms with Crippen molar-refractivity contribution in [3.05, 3.63) is 18.2 Å². The lowest BCUT2D eigenvalue weighted by molar-refractivity contribution is -0.142. The topological polar surface area (TPSA) is 205 Å². The Morgan fingerprint density at radius 1 is 1.08 bits per heavy atom. The molecule has 0 aliphatic heterocycles. The Bertz CT molecular complexity index is 824. The maximum atomic E-state index is 13.3. The third kappa shape index (κ3) is 11.0. The number of aromatic amines is 1. The van der Waals surface area contributed by atoms with Crippen molar-refractivity contribution in [3.8, 4) is 0 Å². The minimum Gasteiger partial charge on any atom is -0.480 e. The number of carbonyl (C=O) groups excluding carboxylic acids is 3. The van der Waals surface area contributed by atoms with E-state index in [1.165, 1.54) is 12.5 Å². The van der Waals surface area contributed by atoms with Crippen LogP contribution < -0.4 is 27.4 Å². The van der Waals surface area contributed by atoms with Crippen molar-refractivity contribution < 1.29 is 24.3 Å². The zero-order valence-electron chi connectivity index (χ0n) is 21.3. The number of thioether (sulfide) groups is 1. The number of carboxylic acids is 1. The summed E-state index contributed by atoms with van der Waals surface area (Å²) in [6.45, 7) is 4.13. The van der Waals surface area contributed by atoms with Crippen LogP contribution in [0.3, 0.4) is 0 Å². The molecule has 1 aromatic heterocycles. The molecule has 0 aromatic carbocycles. The number of carbonyl (C=O) groups is 4. The summed E-state index contributed by atoms with van der Waals surface area (Å²) in [6.07, 6.45) is 7.36. The molecule has 0 saturated carbocycles. The van der Waals surface area contributed by atoms with Crippen molar-refractivity contribution in [1.29, 1.82) is 0 Å². The molecule has 12 nitrogen and oxygen atoms in total. The van der Waals surface area contributed by atoms with Gasteiger partial charge in [-0.1, -0.05) is 20.3 Å². The molecule has 0 aliphatic rings. The fourth-order valence-corrected chi connectivity index (χ4v) is 3.94. The highest BCUT2D eigenvalue weighted by Crippen LogP contribution is 2.11. The number of rotatable bonds is 18. The molecule has 0 radical (unpaired) electrons. The van der Waals surface area contributed by atoms with Crippen LogP contribution in [0.1, 0.15) is 51.6 Å². The Hall–Kier alpha value is -2.64. The first-order valence-electron chi connectivity index (χ1n) is 12.2. The Morgan fingerprint density at radius 2 is 1.78 bits per heavy atom. The fourth-order valence-electron chi connectivity index (χ4n) is 3.45. The fraction of sp³-hybridized carbons (Fsp3) is 0.696. The molecule has 1 heterocycles. The number of amides is 3. The second-order valence-electron chi connectivity index (χ2n) is 8.79. The quantitative estimate of drug-likeness (QED) is 0.125. The number of aromatic nitrogens is 2. The van der Waals surface area contributed by atoms with E-state index in [2.05, 4.69) is 25.9 Å². The summed E-state index contributed by atoms with van der Waals surface area (Å²) in [5.74, 6) is -2.34. The van der Waals surface area contributed by atoms with E-state index in [1.54, 1.807) is 11.8 Å². The van der Waals surface area contributed by atoms with Crippen molar-refractivity contribution in [1.82, 2.24) is 25.9 Å². The average Bonchev–Trinajstić information content (AvgIpc) is 3.37. The van der Waals surface area contributed by atoms with E-state index in [1.807, 2.05) is 20.1 Å². The zero-order chi connectivity index (χ0) is 27.1. The van der Waals surface area contributed by atoms with E-state index in [0.717, 1.165) is 0 Å². The van der Waals surface area contributed by atoms with Crippen LogP contribution in [0.5, 0.6) is 0 Å². The molecule has 0 fully saturated rings. The molecule has 9 N–H and O–H groups in total. The van der Waals surface area contributed by atoms with E-state index in [4.69, 9.17) is 11.5 Å². The lowest BCUT2D eigenvalue weighted by atomic mass is 9.97. The van der Waals surface area contributed by atoms with Gasteiger partial charge in [0.15, 0.2) is 0 Å². The highest BCUT2D eigenvalue weighted by molar-refractivity contribution is 7.98. The predicted molar refractivity (Wildman–Crippen MR) is 139 cm³/mol. The summed E-state index contributed by atoms with van der Waals surface area (Å²) >= 11 is 1.57. The van der Waals surface area contributed by atoms with Gasteiger partial charge in [-0.15, -0.1) is 0 Å². The van der Waals surface area contributed by atoms with Gasteiger partial charge >= 0.3 is 5.97 Å². The van der Waals surface area contributed by atoms with Crippen LogP contribution in [0.4, 0.5) is 0 Å². The monoisotopic (exact) mass is 527 g/mol. The van der Waals surface area contributed by atoms with Gasteiger partial charge in [0.05, 0.1) is 12.4 Å². The van der Waals surface area contributed by atoms with Crippen LogP contribution in [0, 0.1) is 5.92 Å². The zero-order valence-corrected chi connectivity index (χ0v) is 22.1. The molecule has 0 bridgehead atoms. The Balaban J connectivity index is 3.03. The van der Waals surface area contributed by atoms with Gasteiger partial charge in [-0.2, -0.15) is 11.8 Å². The van der Waals surface area contributed by atoms with E-state index in [0.29, 0.717) is 43.7 Å². The molecular weight excluding hydrogens is 486 g/mol. The Labute approximate surface area is 216 Å². The molecule has 0 saturated heterocycles. The molecule has 1 aromatic rings. The number of imidazole rings is 1. The second-order valence-corrected chi connectivity index (χ2v) is 9.77. The van der Waals surface area contributed by atoms with Crippen LogP contribution in [-0.4, -0.2) is 81.5 Å². The van der Waals surface area contributed by atoms with Gasteiger partial charge in [0, 0.05) is 18.3 Å². The summed E-state index contributed by atoms with van der Waals surface area (Å²) in [7, 11) is 0. The summed E-state index contributed by atoms with van der Waals surface area (Å²) in [5, 5.41) is 17.5. The van der Waals surface area contributed by atoms with Crippen LogP contribution in [0.15, 0.2) is 12.5 Å². The number of hydrogen-bond acceptors (Lipinski definition) is 8. The van der Waals surface area contributed by atoms with Crippen molar-refractivity contribution >= 4 is 35.5 Å². The molecule has 36 heavy (non-hydrogen) atoms. The summed E-state index contributed by atoms with van der Waals surface area (Å²) in [5.41, 5.74) is 12.0. The van der Waals surface area contributed by atoms with Crippen LogP contribution in [0.2, 0.25) is 0 Å². The summed E-state index contributed by atoms with van der Waals surface area (Å²) in [6, 6.07) is -3.89. The standard InChI is InChI=1S/C23H41N7O5S/c1-4-14(2)19(30-20(31)16(25)8-10-36-3)22(33)29-18(11-15-12-26-13-27-15)21(32)28-17(23(34)35)7-5-6-9-24/h12-14,16-19H,4-11,24-25H2,1-3H3,(H,26,27)(H,28,32)(H,29,33)(H,30,31)(H,34,35). The van der Waals surface area contributed by atoms with Gasteiger partial charge in [-0.25, -0.2) is 9.78 Å². The number of nitrogens with zero attached hydrogens (tertiary/aromatic N) is 1. The first kappa shape index (κ1) is 31.4. The summed E-state index contributed by atoms with van der Waals surface area (Å²) < 4.78 is 0. The van der Waals surface area contributed by atoms with Crippen molar-refractivity contribution in [3.63, 3.8) is 0 Å². The lowest BCUT2D eigenvalue weighted by Gasteiger charge is -2.28. The summed E-state index contributed by atoms with van der Waals surface area (Å²) in [4.78, 5) is 57.5. The number of H-pyrrole nitrogens is 1. The Morgan fingerprint density at radius 3 is 2.33 bits per heavy atom. The maximum Gasteiger partial charge on any atom is 0.326 e. The lowest BCUT2D eigenvalue weighted by Crippen LogP contribution is -2.59. The molecule has 0 aliphatic carbocycles. The Kier molecular flexibility index (Phi) is 14.8. The molecule has 5 unspecified atom stereocenters. The molecule has 0 spiro atoms. The number of aliphatic carboxylic acids is 1. The molecule has 13 heteroatoms. The molecule has 3 amide bonds. The van der Waals surface area contributed by atoms with Gasteiger partial charge in [-0.3, -0.25) is 14.4 Å². The van der Waals surface area contributed by atoms with Crippen LogP contribution in [-0.2, 0) is 25.6 Å². The molecular formula is C23H41N7O5S. The van der Waals surface area contributed by atoms with E-state index >= 15 is 0 Å². The molecule has 1 rings (SSSR count). The number of hydrogen-bond donors (Lipinski definition) is 7. The minimum atomic E-state index is -1.17. The SMILES string of the molecule is CCC(C)C(NC(=O)C(N)CCSC)C(=O)NC(Cc1cnc[nH]1)C(=O)NC(CCCCN)C(=O)O. The van der Waals surface area contributed by atoms with Gasteiger partial charge in [-0.05, 0) is 50.2 Å². The van der Waals surface area contributed by atoms with E-state index in [-0.39, 0.29) is 18.8 Å². The third-order valence-electron chi connectivity index (χ3n) is 5.94. The number of nitrogens with one attached hydrogen (secondary N) is 4. The smallest absolute Gasteiger partial charge is 0.326 e. The van der Waals surface area contributed by atoms with Crippen molar-refractivity contribution in [2.24, 2.45) is 17.4 Å². The van der Waals surface area contributed by atoms with Crippen molar-refractivity contribution in [2.75, 3.05) is 18.6 Å². The van der Waals surface area contributed by atoms with Crippen LogP contribution >= 0.6 is 11.8 Å². The largest absolute Gasteiger partial charge is 0.480 e. The minimum absolute atomic E-state index is 0.0567. The molecule has 5 atom stereocenters. The third-order valence-corrected chi connectivity index (χ3v) is 6.58.